The number of halogens is 3. The minimum Gasteiger partial charge on any atom is -0.496 e. The first-order valence-corrected chi connectivity index (χ1v) is 8.11. The van der Waals surface area contributed by atoms with Crippen molar-refractivity contribution in [1.29, 1.82) is 0 Å². The fraction of sp³-hybridized carbons (Fsp3) is 0.167. The Kier molecular flexibility index (Phi) is 6.94. The molecule has 0 radical (unpaired) electrons. The monoisotopic (exact) mass is 411 g/mol. The number of hydrogen-bond donors (Lipinski definition) is 1. The lowest BCUT2D eigenvalue weighted by atomic mass is 10.2. The van der Waals surface area contributed by atoms with Crippen molar-refractivity contribution in [1.82, 2.24) is 5.32 Å². The van der Waals surface area contributed by atoms with Crippen molar-refractivity contribution in [2.24, 2.45) is 0 Å². The molecule has 1 amide bonds. The summed E-state index contributed by atoms with van der Waals surface area (Å²) >= 11 is 3.38. The number of benzene rings is 2. The van der Waals surface area contributed by atoms with E-state index in [2.05, 4.69) is 26.0 Å². The molecular formula is C18H16BrF2NO3. The molecule has 0 saturated carbocycles. The van der Waals surface area contributed by atoms with Gasteiger partial charge in [0.05, 0.1) is 11.6 Å². The summed E-state index contributed by atoms with van der Waals surface area (Å²) in [6.07, 6.45) is 2.70. The Labute approximate surface area is 152 Å². The Morgan fingerprint density at radius 3 is 2.68 bits per heavy atom. The molecule has 0 spiro atoms. The molecule has 7 heteroatoms. The van der Waals surface area contributed by atoms with Gasteiger partial charge in [0, 0.05) is 18.2 Å². The highest BCUT2D eigenvalue weighted by molar-refractivity contribution is 9.10. The van der Waals surface area contributed by atoms with Gasteiger partial charge in [-0.3, -0.25) is 4.79 Å². The topological polar surface area (TPSA) is 47.6 Å². The van der Waals surface area contributed by atoms with E-state index in [1.165, 1.54) is 18.2 Å². The molecule has 0 fully saturated rings. The Balaban J connectivity index is 1.96. The summed E-state index contributed by atoms with van der Waals surface area (Å²) in [5, 5.41) is 2.72. The maximum absolute atomic E-state index is 12.4. The number of carbonyl (C=O) groups excluding carboxylic acids is 1. The lowest BCUT2D eigenvalue weighted by molar-refractivity contribution is -0.116. The second-order valence-electron chi connectivity index (χ2n) is 4.94. The molecule has 0 aliphatic heterocycles. The molecule has 2 aromatic carbocycles. The van der Waals surface area contributed by atoms with Crippen LogP contribution in [0, 0.1) is 0 Å². The quantitative estimate of drug-likeness (QED) is 0.687. The van der Waals surface area contributed by atoms with Crippen LogP contribution < -0.4 is 14.8 Å². The third-order valence-electron chi connectivity index (χ3n) is 3.23. The third-order valence-corrected chi connectivity index (χ3v) is 3.85. The minimum atomic E-state index is -2.92. The van der Waals surface area contributed by atoms with Crippen LogP contribution in [-0.2, 0) is 11.3 Å². The number of carbonyl (C=O) groups is 1. The van der Waals surface area contributed by atoms with Crippen molar-refractivity contribution < 1.29 is 23.0 Å². The smallest absolute Gasteiger partial charge is 0.387 e. The van der Waals surface area contributed by atoms with Crippen LogP contribution in [0.2, 0.25) is 0 Å². The first-order chi connectivity index (χ1) is 12.0. The number of rotatable bonds is 7. The van der Waals surface area contributed by atoms with Gasteiger partial charge < -0.3 is 14.8 Å². The summed E-state index contributed by atoms with van der Waals surface area (Å²) in [7, 11) is 1.57. The van der Waals surface area contributed by atoms with Gasteiger partial charge in [-0.15, -0.1) is 0 Å². The van der Waals surface area contributed by atoms with Crippen LogP contribution in [0.25, 0.3) is 6.08 Å². The Morgan fingerprint density at radius 1 is 1.24 bits per heavy atom. The van der Waals surface area contributed by atoms with Crippen LogP contribution in [0.4, 0.5) is 8.78 Å². The zero-order chi connectivity index (χ0) is 18.2. The number of alkyl halides is 2. The normalized spacial score (nSPS) is 10.9. The fourth-order valence-electron chi connectivity index (χ4n) is 2.05. The molecule has 1 N–H and O–H groups in total. The van der Waals surface area contributed by atoms with Gasteiger partial charge in [-0.05, 0) is 45.8 Å². The summed E-state index contributed by atoms with van der Waals surface area (Å²) in [4.78, 5) is 11.9. The Hall–Kier alpha value is -2.41. The van der Waals surface area contributed by atoms with Crippen LogP contribution in [0.15, 0.2) is 53.0 Å². The summed E-state index contributed by atoms with van der Waals surface area (Å²) in [5.41, 5.74) is 1.28. The maximum Gasteiger partial charge on any atom is 0.387 e. The first-order valence-electron chi connectivity index (χ1n) is 7.31. The van der Waals surface area contributed by atoms with Gasteiger partial charge in [0.2, 0.25) is 5.91 Å². The first kappa shape index (κ1) is 18.9. The van der Waals surface area contributed by atoms with Gasteiger partial charge in [-0.25, -0.2) is 0 Å². The molecule has 0 aromatic heterocycles. The summed E-state index contributed by atoms with van der Waals surface area (Å²) < 4.78 is 35.0. The lowest BCUT2D eigenvalue weighted by Crippen LogP contribution is -2.20. The van der Waals surface area contributed by atoms with E-state index in [0.29, 0.717) is 17.9 Å². The molecule has 2 aromatic rings. The van der Waals surface area contributed by atoms with Crippen LogP contribution in [0.1, 0.15) is 11.1 Å². The van der Waals surface area contributed by atoms with E-state index in [0.717, 1.165) is 10.0 Å². The molecule has 0 heterocycles. The maximum atomic E-state index is 12.4. The van der Waals surface area contributed by atoms with Gasteiger partial charge in [0.25, 0.3) is 0 Å². The zero-order valence-corrected chi connectivity index (χ0v) is 14.9. The van der Waals surface area contributed by atoms with Crippen molar-refractivity contribution in [2.75, 3.05) is 7.11 Å². The summed E-state index contributed by atoms with van der Waals surface area (Å²) in [5.74, 6) is 0.366. The van der Waals surface area contributed by atoms with Crippen LogP contribution in [0.3, 0.4) is 0 Å². The van der Waals surface area contributed by atoms with Crippen molar-refractivity contribution in [3.63, 3.8) is 0 Å². The second-order valence-corrected chi connectivity index (χ2v) is 5.79. The van der Waals surface area contributed by atoms with E-state index < -0.39 is 6.61 Å². The molecule has 0 aliphatic carbocycles. The molecule has 0 atom stereocenters. The van der Waals surface area contributed by atoms with E-state index in [9.17, 15) is 13.6 Å². The summed E-state index contributed by atoms with van der Waals surface area (Å²) in [6, 6.07) is 11.7. The third kappa shape index (κ3) is 5.86. The average Bonchev–Trinajstić information content (AvgIpc) is 2.59. The number of para-hydroxylation sites is 1. The van der Waals surface area contributed by atoms with E-state index in [4.69, 9.17) is 4.74 Å². The molecule has 2 rings (SSSR count). The van der Waals surface area contributed by atoms with Crippen molar-refractivity contribution in [3.8, 4) is 11.5 Å². The van der Waals surface area contributed by atoms with E-state index >= 15 is 0 Å². The zero-order valence-electron chi connectivity index (χ0n) is 13.3. The Bertz CT molecular complexity index is 766. The van der Waals surface area contributed by atoms with Crippen molar-refractivity contribution in [3.05, 3.63) is 64.1 Å². The lowest BCUT2D eigenvalue weighted by Gasteiger charge is -2.08. The van der Waals surface area contributed by atoms with Crippen LogP contribution >= 0.6 is 15.9 Å². The minimum absolute atomic E-state index is 0.0145. The molecule has 132 valence electrons. The standard InChI is InChI=1S/C18H16BrF2NO3/c1-24-16-8-6-12(10-14(16)19)11-22-17(23)9-7-13-4-2-3-5-15(13)25-18(20)21/h2-10,18H,11H2,1H3,(H,22,23)/b9-7+. The number of amides is 1. The molecule has 4 nitrogen and oxygen atoms in total. The predicted molar refractivity (Wildman–Crippen MR) is 94.6 cm³/mol. The summed E-state index contributed by atoms with van der Waals surface area (Å²) in [6.45, 7) is -2.60. The SMILES string of the molecule is COc1ccc(CNC(=O)/C=C/c2ccccc2OC(F)F)cc1Br. The molecule has 0 aliphatic rings. The molecule has 25 heavy (non-hydrogen) atoms. The number of ether oxygens (including phenoxy) is 2. The number of nitrogens with one attached hydrogen (secondary N) is 1. The molecule has 0 saturated heterocycles. The Morgan fingerprint density at radius 2 is 2.00 bits per heavy atom. The molecular weight excluding hydrogens is 396 g/mol. The van der Waals surface area contributed by atoms with Gasteiger partial charge in [-0.1, -0.05) is 24.3 Å². The van der Waals surface area contributed by atoms with Gasteiger partial charge in [-0.2, -0.15) is 8.78 Å². The van der Waals surface area contributed by atoms with Crippen LogP contribution in [-0.4, -0.2) is 19.6 Å². The fourth-order valence-corrected chi connectivity index (χ4v) is 2.64. The van der Waals surface area contributed by atoms with Gasteiger partial charge in [0.1, 0.15) is 11.5 Å². The largest absolute Gasteiger partial charge is 0.496 e. The van der Waals surface area contributed by atoms with Gasteiger partial charge in [0.15, 0.2) is 0 Å². The number of hydrogen-bond acceptors (Lipinski definition) is 3. The van der Waals surface area contributed by atoms with Crippen LogP contribution in [0.5, 0.6) is 11.5 Å². The van der Waals surface area contributed by atoms with E-state index in [-0.39, 0.29) is 11.7 Å². The highest BCUT2D eigenvalue weighted by atomic mass is 79.9. The highest BCUT2D eigenvalue weighted by Gasteiger charge is 2.07. The van der Waals surface area contributed by atoms with Gasteiger partial charge >= 0.3 is 6.61 Å². The average molecular weight is 412 g/mol. The predicted octanol–water partition coefficient (Wildman–Crippen LogP) is 4.39. The van der Waals surface area contributed by atoms with E-state index in [1.54, 1.807) is 31.4 Å². The van der Waals surface area contributed by atoms with E-state index in [1.807, 2.05) is 12.1 Å². The molecule has 0 bridgehead atoms. The second kappa shape index (κ2) is 9.17. The molecule has 0 unspecified atom stereocenters. The highest BCUT2D eigenvalue weighted by Crippen LogP contribution is 2.25. The van der Waals surface area contributed by atoms with Crippen molar-refractivity contribution in [2.45, 2.75) is 13.2 Å². The number of methoxy groups -OCH3 is 1. The van der Waals surface area contributed by atoms with Crippen molar-refractivity contribution >= 4 is 27.9 Å².